The molecule has 0 atom stereocenters. The Bertz CT molecular complexity index is 433. The maximum Gasteiger partial charge on any atom is 0.162 e. The van der Waals surface area contributed by atoms with Gasteiger partial charge in [-0.3, -0.25) is 4.79 Å². The summed E-state index contributed by atoms with van der Waals surface area (Å²) >= 11 is 0. The van der Waals surface area contributed by atoms with E-state index in [2.05, 4.69) is 11.8 Å². The number of ketones is 1. The summed E-state index contributed by atoms with van der Waals surface area (Å²) in [4.78, 5) is 14.0. The molecule has 0 saturated carbocycles. The molecule has 0 spiro atoms. The number of hydrogen-bond acceptors (Lipinski definition) is 3. The summed E-state index contributed by atoms with van der Waals surface area (Å²) in [6.07, 6.45) is 3.18. The second-order valence-corrected chi connectivity index (χ2v) is 6.05. The molecule has 0 bridgehead atoms. The van der Waals surface area contributed by atoms with Crippen LogP contribution in [0.4, 0.5) is 0 Å². The smallest absolute Gasteiger partial charge is 0.162 e. The molecular weight excluding hydrogens is 274 g/mol. The molecule has 1 aliphatic rings. The van der Waals surface area contributed by atoms with Gasteiger partial charge in [0.2, 0.25) is 0 Å². The van der Waals surface area contributed by atoms with Crippen LogP contribution in [0.5, 0.6) is 0 Å². The average Bonchev–Trinajstić information content (AvgIpc) is 2.53. The first kappa shape index (κ1) is 18.9. The number of hydrogen-bond donors (Lipinski definition) is 0. The van der Waals surface area contributed by atoms with E-state index in [0.29, 0.717) is 13.0 Å². The summed E-state index contributed by atoms with van der Waals surface area (Å²) in [6, 6.07) is 7.78. The lowest BCUT2D eigenvalue weighted by Crippen LogP contribution is -2.35. The molecular formula is C19H31NO2. The van der Waals surface area contributed by atoms with Crippen molar-refractivity contribution >= 4 is 5.78 Å². The molecule has 1 aliphatic heterocycles. The van der Waals surface area contributed by atoms with Gasteiger partial charge < -0.3 is 9.64 Å². The summed E-state index contributed by atoms with van der Waals surface area (Å²) in [7, 11) is 0. The summed E-state index contributed by atoms with van der Waals surface area (Å²) in [5.41, 5.74) is 1.93. The second-order valence-electron chi connectivity index (χ2n) is 6.05. The molecule has 0 N–H and O–H groups in total. The van der Waals surface area contributed by atoms with Gasteiger partial charge in [-0.1, -0.05) is 45.5 Å². The van der Waals surface area contributed by atoms with Crippen LogP contribution in [-0.2, 0) is 11.3 Å². The molecule has 0 amide bonds. The number of carbonyl (C=O) groups is 1. The van der Waals surface area contributed by atoms with E-state index in [-0.39, 0.29) is 13.2 Å². The highest BCUT2D eigenvalue weighted by molar-refractivity contribution is 5.95. The highest BCUT2D eigenvalue weighted by Gasteiger charge is 2.14. The van der Waals surface area contributed by atoms with E-state index in [1.165, 1.54) is 25.9 Å². The fourth-order valence-electron chi connectivity index (χ4n) is 2.66. The van der Waals surface area contributed by atoms with Gasteiger partial charge in [-0.25, -0.2) is 0 Å². The van der Waals surface area contributed by atoms with Crippen molar-refractivity contribution in [1.29, 1.82) is 0 Å². The summed E-state index contributed by atoms with van der Waals surface area (Å²) < 4.78 is 5.75. The van der Waals surface area contributed by atoms with E-state index in [9.17, 15) is 4.79 Å². The lowest BCUT2D eigenvalue weighted by molar-refractivity contribution is 0.0806. The third kappa shape index (κ3) is 5.90. The fraction of sp³-hybridized carbons (Fsp3) is 0.632. The molecule has 2 rings (SSSR count). The predicted octanol–water partition coefficient (Wildman–Crippen LogP) is 4.16. The topological polar surface area (TPSA) is 29.5 Å². The molecule has 1 aromatic rings. The second kappa shape index (κ2) is 9.75. The van der Waals surface area contributed by atoms with Crippen molar-refractivity contribution < 1.29 is 9.53 Å². The van der Waals surface area contributed by atoms with Gasteiger partial charge in [0.05, 0.1) is 13.2 Å². The highest BCUT2D eigenvalue weighted by Crippen LogP contribution is 2.15. The maximum atomic E-state index is 11.5. The number of nitrogens with zero attached hydrogens (tertiary/aromatic N) is 1. The minimum Gasteiger partial charge on any atom is -0.375 e. The minimum atomic E-state index is 0. The third-order valence-corrected chi connectivity index (χ3v) is 4.29. The van der Waals surface area contributed by atoms with Gasteiger partial charge in [-0.2, -0.15) is 0 Å². The average molecular weight is 305 g/mol. The van der Waals surface area contributed by atoms with E-state index in [0.717, 1.165) is 30.2 Å². The highest BCUT2D eigenvalue weighted by atomic mass is 16.5. The molecule has 1 heterocycles. The van der Waals surface area contributed by atoms with Crippen LogP contribution in [-0.4, -0.2) is 36.9 Å². The van der Waals surface area contributed by atoms with E-state index in [1.54, 1.807) is 0 Å². The Balaban J connectivity index is 0.00000242. The van der Waals surface area contributed by atoms with E-state index in [1.807, 2.05) is 31.2 Å². The Labute approximate surface area is 135 Å². The van der Waals surface area contributed by atoms with Crippen molar-refractivity contribution in [3.05, 3.63) is 35.4 Å². The Hall–Kier alpha value is -1.19. The quantitative estimate of drug-likeness (QED) is 0.559. The van der Waals surface area contributed by atoms with Gasteiger partial charge in [-0.15, -0.1) is 0 Å². The molecule has 0 aliphatic carbocycles. The van der Waals surface area contributed by atoms with Crippen molar-refractivity contribution in [3.8, 4) is 0 Å². The van der Waals surface area contributed by atoms with Gasteiger partial charge in [-0.05, 0) is 37.4 Å². The van der Waals surface area contributed by atoms with Crippen molar-refractivity contribution in [2.75, 3.05) is 26.2 Å². The van der Waals surface area contributed by atoms with Crippen LogP contribution < -0.4 is 0 Å². The Morgan fingerprint density at radius 2 is 1.86 bits per heavy atom. The zero-order valence-corrected chi connectivity index (χ0v) is 13.3. The number of carbonyl (C=O) groups excluding carboxylic acids is 1. The molecule has 0 radical (unpaired) electrons. The molecule has 1 aromatic carbocycles. The van der Waals surface area contributed by atoms with Gasteiger partial charge in [0, 0.05) is 18.5 Å². The van der Waals surface area contributed by atoms with E-state index in [4.69, 9.17) is 4.74 Å². The number of piperidine rings is 1. The van der Waals surface area contributed by atoms with Crippen LogP contribution in [0.3, 0.4) is 0 Å². The third-order valence-electron chi connectivity index (χ3n) is 4.29. The normalized spacial score (nSPS) is 16.3. The number of ether oxygens (including phenoxy) is 1. The van der Waals surface area contributed by atoms with E-state index < -0.39 is 0 Å². The van der Waals surface area contributed by atoms with Crippen molar-refractivity contribution in [2.24, 2.45) is 5.92 Å². The SMILES string of the molecule is C.CCC(=O)c1ccc(COCCN2CCC(C)CC2)cc1. The zero-order chi connectivity index (χ0) is 15.1. The van der Waals surface area contributed by atoms with Crippen molar-refractivity contribution in [1.82, 2.24) is 4.90 Å². The van der Waals surface area contributed by atoms with Gasteiger partial charge in [0.1, 0.15) is 0 Å². The van der Waals surface area contributed by atoms with Gasteiger partial charge in [0.15, 0.2) is 5.78 Å². The first-order valence-corrected chi connectivity index (χ1v) is 8.11. The number of benzene rings is 1. The van der Waals surface area contributed by atoms with Crippen LogP contribution in [0, 0.1) is 5.92 Å². The Kier molecular flexibility index (Phi) is 8.36. The Morgan fingerprint density at radius 1 is 1.23 bits per heavy atom. The molecule has 22 heavy (non-hydrogen) atoms. The first-order chi connectivity index (χ1) is 10.2. The van der Waals surface area contributed by atoms with Crippen molar-refractivity contribution in [2.45, 2.75) is 47.1 Å². The molecule has 1 fully saturated rings. The fourth-order valence-corrected chi connectivity index (χ4v) is 2.66. The van der Waals surface area contributed by atoms with Crippen molar-refractivity contribution in [3.63, 3.8) is 0 Å². The van der Waals surface area contributed by atoms with Crippen LogP contribution in [0.1, 0.15) is 56.5 Å². The standard InChI is InChI=1S/C18H27NO2.CH4/c1-3-18(20)17-6-4-16(5-7-17)14-21-13-12-19-10-8-15(2)9-11-19;/h4-7,15H,3,8-14H2,1-2H3;1H4. The lowest BCUT2D eigenvalue weighted by Gasteiger charge is -2.29. The largest absolute Gasteiger partial charge is 0.375 e. The summed E-state index contributed by atoms with van der Waals surface area (Å²) in [5.74, 6) is 1.08. The molecule has 3 nitrogen and oxygen atoms in total. The predicted molar refractivity (Wildman–Crippen MR) is 92.3 cm³/mol. The summed E-state index contributed by atoms with van der Waals surface area (Å²) in [5, 5.41) is 0. The number of Topliss-reactive ketones (excluding diaryl/α,β-unsaturated/α-hetero) is 1. The molecule has 1 saturated heterocycles. The zero-order valence-electron chi connectivity index (χ0n) is 13.3. The van der Waals surface area contributed by atoms with Crippen LogP contribution >= 0.6 is 0 Å². The molecule has 0 unspecified atom stereocenters. The van der Waals surface area contributed by atoms with E-state index >= 15 is 0 Å². The summed E-state index contributed by atoms with van der Waals surface area (Å²) in [6.45, 7) is 9.08. The lowest BCUT2D eigenvalue weighted by atomic mass is 9.99. The molecule has 3 heteroatoms. The van der Waals surface area contributed by atoms with Crippen LogP contribution in [0.25, 0.3) is 0 Å². The van der Waals surface area contributed by atoms with Gasteiger partial charge in [0.25, 0.3) is 0 Å². The van der Waals surface area contributed by atoms with Crippen LogP contribution in [0.2, 0.25) is 0 Å². The number of likely N-dealkylation sites (tertiary alicyclic amines) is 1. The maximum absolute atomic E-state index is 11.5. The number of rotatable bonds is 7. The first-order valence-electron chi connectivity index (χ1n) is 8.11. The monoisotopic (exact) mass is 305 g/mol. The Morgan fingerprint density at radius 3 is 2.45 bits per heavy atom. The van der Waals surface area contributed by atoms with Gasteiger partial charge >= 0.3 is 0 Å². The minimum absolute atomic E-state index is 0. The molecule has 0 aromatic heterocycles. The molecule has 124 valence electrons. The van der Waals surface area contributed by atoms with Crippen LogP contribution in [0.15, 0.2) is 24.3 Å².